The fraction of sp³-hybridized carbons (Fsp3) is 0.611. The molecule has 2 aliphatic heterocycles. The van der Waals surface area contributed by atoms with Crippen molar-refractivity contribution < 1.29 is 14.7 Å². The highest BCUT2D eigenvalue weighted by molar-refractivity contribution is 5.94. The van der Waals surface area contributed by atoms with E-state index in [1.165, 1.54) is 25.7 Å². The zero-order chi connectivity index (χ0) is 16.9. The summed E-state index contributed by atoms with van der Waals surface area (Å²) in [5.41, 5.74) is 0.547. The van der Waals surface area contributed by atoms with Crippen molar-refractivity contribution in [2.24, 2.45) is 0 Å². The lowest BCUT2D eigenvalue weighted by Crippen LogP contribution is -2.37. The number of amides is 1. The van der Waals surface area contributed by atoms with E-state index >= 15 is 0 Å². The summed E-state index contributed by atoms with van der Waals surface area (Å²) in [4.78, 5) is 32.1. The predicted octanol–water partition coefficient (Wildman–Crippen LogP) is 2.54. The zero-order valence-corrected chi connectivity index (χ0v) is 14.0. The maximum absolute atomic E-state index is 12.7. The van der Waals surface area contributed by atoms with Crippen LogP contribution in [0, 0.1) is 0 Å². The standard InChI is InChI=1S/C18H25N3O3/c22-17(23)12-15-6-5-11-21(15)18(24)14-7-8-16(19-13-14)20-9-3-1-2-4-10-20/h7-8,13,15H,1-6,9-12H2,(H,22,23). The third-order valence-electron chi connectivity index (χ3n) is 4.97. The smallest absolute Gasteiger partial charge is 0.305 e. The van der Waals surface area contributed by atoms with Crippen LogP contribution in [0.15, 0.2) is 18.3 Å². The predicted molar refractivity (Wildman–Crippen MR) is 91.2 cm³/mol. The van der Waals surface area contributed by atoms with Crippen molar-refractivity contribution in [3.8, 4) is 0 Å². The van der Waals surface area contributed by atoms with Gasteiger partial charge in [0, 0.05) is 31.9 Å². The van der Waals surface area contributed by atoms with E-state index in [1.54, 1.807) is 11.1 Å². The van der Waals surface area contributed by atoms with E-state index in [0.717, 1.165) is 31.7 Å². The number of likely N-dealkylation sites (tertiary alicyclic amines) is 1. The minimum Gasteiger partial charge on any atom is -0.481 e. The third-order valence-corrected chi connectivity index (χ3v) is 4.97. The number of carbonyl (C=O) groups is 2. The van der Waals surface area contributed by atoms with Gasteiger partial charge < -0.3 is 14.9 Å². The Morgan fingerprint density at radius 2 is 1.83 bits per heavy atom. The molecule has 0 aromatic carbocycles. The van der Waals surface area contributed by atoms with Gasteiger partial charge in [-0.15, -0.1) is 0 Å². The van der Waals surface area contributed by atoms with E-state index in [4.69, 9.17) is 5.11 Å². The van der Waals surface area contributed by atoms with E-state index in [1.807, 2.05) is 12.1 Å². The Balaban J connectivity index is 1.68. The normalized spacial score (nSPS) is 21.6. The Hall–Kier alpha value is -2.11. The number of pyridine rings is 1. The summed E-state index contributed by atoms with van der Waals surface area (Å²) in [6.45, 7) is 2.67. The van der Waals surface area contributed by atoms with E-state index in [2.05, 4.69) is 9.88 Å². The van der Waals surface area contributed by atoms with Crippen LogP contribution in [0.4, 0.5) is 5.82 Å². The first-order chi connectivity index (χ1) is 11.6. The van der Waals surface area contributed by atoms with Crippen LogP contribution < -0.4 is 4.90 Å². The zero-order valence-electron chi connectivity index (χ0n) is 14.0. The molecule has 1 aromatic heterocycles. The molecule has 6 heteroatoms. The van der Waals surface area contributed by atoms with Crippen LogP contribution in [0.2, 0.25) is 0 Å². The van der Waals surface area contributed by atoms with Crippen LogP contribution in [0.5, 0.6) is 0 Å². The summed E-state index contributed by atoms with van der Waals surface area (Å²) < 4.78 is 0. The van der Waals surface area contributed by atoms with Gasteiger partial charge in [0.05, 0.1) is 12.0 Å². The van der Waals surface area contributed by atoms with Gasteiger partial charge in [0.25, 0.3) is 5.91 Å². The Labute approximate surface area is 142 Å². The van der Waals surface area contributed by atoms with Crippen molar-refractivity contribution in [2.45, 2.75) is 51.0 Å². The average Bonchev–Trinajstić information content (AvgIpc) is 2.86. The maximum Gasteiger partial charge on any atom is 0.305 e. The third kappa shape index (κ3) is 3.86. The minimum absolute atomic E-state index is 0.0189. The molecule has 0 spiro atoms. The SMILES string of the molecule is O=C(O)CC1CCCN1C(=O)c1ccc(N2CCCCCC2)nc1. The number of anilines is 1. The second-order valence-corrected chi connectivity index (χ2v) is 6.70. The van der Waals surface area contributed by atoms with Gasteiger partial charge in [-0.3, -0.25) is 9.59 Å². The highest BCUT2D eigenvalue weighted by Gasteiger charge is 2.31. The van der Waals surface area contributed by atoms with Gasteiger partial charge in [-0.2, -0.15) is 0 Å². The summed E-state index contributed by atoms with van der Waals surface area (Å²) >= 11 is 0. The molecule has 3 heterocycles. The molecule has 1 amide bonds. The number of aliphatic carboxylic acids is 1. The average molecular weight is 331 g/mol. The molecule has 2 fully saturated rings. The number of aromatic nitrogens is 1. The monoisotopic (exact) mass is 331 g/mol. The largest absolute Gasteiger partial charge is 0.481 e. The second kappa shape index (κ2) is 7.64. The van der Waals surface area contributed by atoms with Gasteiger partial charge in [0.15, 0.2) is 0 Å². The highest BCUT2D eigenvalue weighted by Crippen LogP contribution is 2.23. The van der Waals surface area contributed by atoms with Gasteiger partial charge >= 0.3 is 5.97 Å². The Morgan fingerprint density at radius 1 is 1.08 bits per heavy atom. The van der Waals surface area contributed by atoms with E-state index in [0.29, 0.717) is 12.1 Å². The Morgan fingerprint density at radius 3 is 2.46 bits per heavy atom. The molecular weight excluding hydrogens is 306 g/mol. The summed E-state index contributed by atoms with van der Waals surface area (Å²) in [6.07, 6.45) is 8.20. The first kappa shape index (κ1) is 16.7. The molecule has 2 aliphatic rings. The van der Waals surface area contributed by atoms with Crippen molar-refractivity contribution in [3.05, 3.63) is 23.9 Å². The molecule has 1 unspecified atom stereocenters. The van der Waals surface area contributed by atoms with Gasteiger partial charge in [-0.25, -0.2) is 4.98 Å². The van der Waals surface area contributed by atoms with E-state index < -0.39 is 5.97 Å². The van der Waals surface area contributed by atoms with Crippen LogP contribution in [0.3, 0.4) is 0 Å². The van der Waals surface area contributed by atoms with Crippen LogP contribution >= 0.6 is 0 Å². The Bertz CT molecular complexity index is 580. The fourth-order valence-electron chi connectivity index (χ4n) is 3.68. The van der Waals surface area contributed by atoms with Crippen LogP contribution in [-0.2, 0) is 4.79 Å². The first-order valence-corrected chi connectivity index (χ1v) is 8.89. The van der Waals surface area contributed by atoms with Crippen LogP contribution in [0.25, 0.3) is 0 Å². The van der Waals surface area contributed by atoms with E-state index in [9.17, 15) is 9.59 Å². The number of carbonyl (C=O) groups excluding carboxylic acids is 1. The van der Waals surface area contributed by atoms with Crippen molar-refractivity contribution in [1.82, 2.24) is 9.88 Å². The molecule has 130 valence electrons. The molecular formula is C18H25N3O3. The van der Waals surface area contributed by atoms with E-state index in [-0.39, 0.29) is 18.4 Å². The number of hydrogen-bond acceptors (Lipinski definition) is 4. The van der Waals surface area contributed by atoms with Crippen LogP contribution in [-0.4, -0.2) is 52.5 Å². The summed E-state index contributed by atoms with van der Waals surface area (Å²) in [6, 6.07) is 3.55. The minimum atomic E-state index is -0.852. The molecule has 0 saturated carbocycles. The lowest BCUT2D eigenvalue weighted by molar-refractivity contribution is -0.137. The fourth-order valence-corrected chi connectivity index (χ4v) is 3.68. The number of carboxylic acid groups (broad SMARTS) is 1. The molecule has 0 bridgehead atoms. The number of rotatable bonds is 4. The second-order valence-electron chi connectivity index (χ2n) is 6.70. The van der Waals surface area contributed by atoms with Gasteiger partial charge in [0.1, 0.15) is 5.82 Å². The summed E-state index contributed by atoms with van der Waals surface area (Å²) in [7, 11) is 0. The number of hydrogen-bond donors (Lipinski definition) is 1. The summed E-state index contributed by atoms with van der Waals surface area (Å²) in [5.74, 6) is -0.0278. The quantitative estimate of drug-likeness (QED) is 0.918. The van der Waals surface area contributed by atoms with Crippen molar-refractivity contribution >= 4 is 17.7 Å². The molecule has 24 heavy (non-hydrogen) atoms. The lowest BCUT2D eigenvalue weighted by Gasteiger charge is -2.24. The molecule has 0 radical (unpaired) electrons. The molecule has 6 nitrogen and oxygen atoms in total. The van der Waals surface area contributed by atoms with Crippen molar-refractivity contribution in [3.63, 3.8) is 0 Å². The maximum atomic E-state index is 12.7. The van der Waals surface area contributed by atoms with Crippen LogP contribution in [0.1, 0.15) is 55.3 Å². The highest BCUT2D eigenvalue weighted by atomic mass is 16.4. The van der Waals surface area contributed by atoms with Crippen molar-refractivity contribution in [2.75, 3.05) is 24.5 Å². The van der Waals surface area contributed by atoms with Gasteiger partial charge in [0.2, 0.25) is 0 Å². The molecule has 1 aromatic rings. The molecule has 1 atom stereocenters. The number of nitrogens with zero attached hydrogens (tertiary/aromatic N) is 3. The van der Waals surface area contributed by atoms with Crippen molar-refractivity contribution in [1.29, 1.82) is 0 Å². The molecule has 3 rings (SSSR count). The molecule has 0 aliphatic carbocycles. The van der Waals surface area contributed by atoms with Gasteiger partial charge in [-0.05, 0) is 37.8 Å². The lowest BCUT2D eigenvalue weighted by atomic mass is 10.1. The summed E-state index contributed by atoms with van der Waals surface area (Å²) in [5, 5.41) is 8.99. The molecule has 1 N–H and O–H groups in total. The molecule has 2 saturated heterocycles. The first-order valence-electron chi connectivity index (χ1n) is 8.89. The Kier molecular flexibility index (Phi) is 5.33. The van der Waals surface area contributed by atoms with Gasteiger partial charge in [-0.1, -0.05) is 12.8 Å². The number of carboxylic acids is 1. The topological polar surface area (TPSA) is 73.7 Å².